The van der Waals surface area contributed by atoms with E-state index in [4.69, 9.17) is 10.2 Å². The summed E-state index contributed by atoms with van der Waals surface area (Å²) < 4.78 is 6.91. The van der Waals surface area contributed by atoms with Crippen LogP contribution < -0.4 is 5.73 Å². The van der Waals surface area contributed by atoms with Crippen LogP contribution in [0.5, 0.6) is 11.5 Å². The number of hydrogen-bond acceptors (Lipinski definition) is 8. The third-order valence-corrected chi connectivity index (χ3v) is 4.99. The number of hydrogen-bond donors (Lipinski definition) is 3. The van der Waals surface area contributed by atoms with Crippen LogP contribution in [0.1, 0.15) is 16.7 Å². The zero-order valence-corrected chi connectivity index (χ0v) is 14.9. The maximum atomic E-state index is 9.79. The van der Waals surface area contributed by atoms with E-state index in [9.17, 15) is 10.2 Å². The molecule has 1 aromatic carbocycles. The highest BCUT2D eigenvalue weighted by Gasteiger charge is 2.21. The summed E-state index contributed by atoms with van der Waals surface area (Å²) in [5, 5.41) is 23.9. The first kappa shape index (κ1) is 16.6. The molecule has 4 heterocycles. The average molecular weight is 378 g/mol. The van der Waals surface area contributed by atoms with Crippen LogP contribution in [0.4, 0.5) is 5.95 Å². The monoisotopic (exact) mass is 378 g/mol. The molecule has 142 valence electrons. The summed E-state index contributed by atoms with van der Waals surface area (Å²) in [6.07, 6.45) is 4.07. The van der Waals surface area contributed by atoms with Crippen LogP contribution in [-0.4, -0.2) is 41.2 Å². The summed E-state index contributed by atoms with van der Waals surface area (Å²) in [6, 6.07) is 6.84. The number of phenols is 2. The molecular weight excluding hydrogens is 360 g/mol. The molecule has 5 rings (SSSR count). The van der Waals surface area contributed by atoms with Gasteiger partial charge in [-0.25, -0.2) is 9.97 Å². The van der Waals surface area contributed by atoms with Crippen molar-refractivity contribution in [2.24, 2.45) is 0 Å². The number of nitrogens with two attached hydrogens (primary N) is 1. The van der Waals surface area contributed by atoms with Gasteiger partial charge in [0.25, 0.3) is 0 Å². The molecule has 4 aromatic rings. The summed E-state index contributed by atoms with van der Waals surface area (Å²) in [7, 11) is 0. The zero-order valence-electron chi connectivity index (χ0n) is 14.9. The van der Waals surface area contributed by atoms with Crippen molar-refractivity contribution in [2.45, 2.75) is 19.5 Å². The predicted octanol–water partition coefficient (Wildman–Crippen LogP) is 1.94. The van der Waals surface area contributed by atoms with Crippen LogP contribution >= 0.6 is 0 Å². The molecule has 0 unspecified atom stereocenters. The molecule has 0 aliphatic carbocycles. The number of anilines is 1. The number of aromatic hydroxyl groups is 2. The lowest BCUT2D eigenvalue weighted by Gasteiger charge is -2.29. The van der Waals surface area contributed by atoms with Gasteiger partial charge >= 0.3 is 0 Å². The van der Waals surface area contributed by atoms with Crippen LogP contribution in [0.3, 0.4) is 0 Å². The van der Waals surface area contributed by atoms with Gasteiger partial charge < -0.3 is 20.4 Å². The molecule has 28 heavy (non-hydrogen) atoms. The van der Waals surface area contributed by atoms with Crippen LogP contribution in [-0.2, 0) is 19.5 Å². The summed E-state index contributed by atoms with van der Waals surface area (Å²) in [6.45, 7) is 2.07. The number of phenolic OH excluding ortho intramolecular Hbond substituents is 2. The van der Waals surface area contributed by atoms with Crippen LogP contribution in [0.25, 0.3) is 17.2 Å². The van der Waals surface area contributed by atoms with E-state index in [0.29, 0.717) is 30.3 Å². The molecule has 3 aromatic heterocycles. The van der Waals surface area contributed by atoms with E-state index in [1.165, 1.54) is 4.52 Å². The lowest BCUT2D eigenvalue weighted by molar-refractivity contribution is 0.244. The van der Waals surface area contributed by atoms with Gasteiger partial charge in [-0.1, -0.05) is 0 Å². The maximum Gasteiger partial charge on any atom is 0.223 e. The predicted molar refractivity (Wildman–Crippen MR) is 100 cm³/mol. The molecule has 0 atom stereocenters. The number of aromatic nitrogens is 4. The van der Waals surface area contributed by atoms with E-state index in [-0.39, 0.29) is 17.4 Å². The molecule has 1 aliphatic heterocycles. The van der Waals surface area contributed by atoms with E-state index < -0.39 is 0 Å². The van der Waals surface area contributed by atoms with Gasteiger partial charge in [0.1, 0.15) is 0 Å². The van der Waals surface area contributed by atoms with Crippen molar-refractivity contribution in [3.05, 3.63) is 53.4 Å². The number of furan rings is 1. The first-order valence-corrected chi connectivity index (χ1v) is 8.88. The van der Waals surface area contributed by atoms with Crippen molar-refractivity contribution in [1.82, 2.24) is 24.5 Å². The van der Waals surface area contributed by atoms with Crippen molar-refractivity contribution in [3.63, 3.8) is 0 Å². The molecule has 0 bridgehead atoms. The van der Waals surface area contributed by atoms with Gasteiger partial charge in [0.05, 0.1) is 6.26 Å². The molecule has 4 N–H and O–H groups in total. The van der Waals surface area contributed by atoms with Gasteiger partial charge in [-0.3, -0.25) is 4.90 Å². The third kappa shape index (κ3) is 2.72. The Bertz CT molecular complexity index is 1170. The quantitative estimate of drug-likeness (QED) is 0.462. The number of nitrogen functional groups attached to an aromatic ring is 1. The maximum absolute atomic E-state index is 9.79. The molecule has 0 spiro atoms. The van der Waals surface area contributed by atoms with Crippen molar-refractivity contribution in [3.8, 4) is 23.1 Å². The minimum Gasteiger partial charge on any atom is -0.504 e. The number of benzene rings is 1. The average Bonchev–Trinajstić information content (AvgIpc) is 3.35. The fourth-order valence-corrected chi connectivity index (χ4v) is 3.58. The smallest absolute Gasteiger partial charge is 0.223 e. The Hall–Kier alpha value is -3.59. The van der Waals surface area contributed by atoms with Gasteiger partial charge in [0.15, 0.2) is 22.9 Å². The molecule has 0 radical (unpaired) electrons. The second-order valence-electron chi connectivity index (χ2n) is 6.86. The Morgan fingerprint density at radius 3 is 2.79 bits per heavy atom. The first-order valence-electron chi connectivity index (χ1n) is 8.88. The van der Waals surface area contributed by atoms with Gasteiger partial charge in [0.2, 0.25) is 11.8 Å². The summed E-state index contributed by atoms with van der Waals surface area (Å²) in [4.78, 5) is 11.1. The van der Waals surface area contributed by atoms with Crippen LogP contribution in [0.2, 0.25) is 0 Å². The Labute approximate surface area is 159 Å². The fourth-order valence-electron chi connectivity index (χ4n) is 3.58. The first-order chi connectivity index (χ1) is 13.6. The Morgan fingerprint density at radius 2 is 2.00 bits per heavy atom. The second kappa shape index (κ2) is 6.24. The Kier molecular flexibility index (Phi) is 3.69. The van der Waals surface area contributed by atoms with E-state index in [1.54, 1.807) is 36.7 Å². The van der Waals surface area contributed by atoms with Gasteiger partial charge in [0, 0.05) is 31.4 Å². The second-order valence-corrected chi connectivity index (χ2v) is 6.86. The van der Waals surface area contributed by atoms with Gasteiger partial charge in [-0.2, -0.15) is 4.52 Å². The van der Waals surface area contributed by atoms with E-state index in [1.807, 2.05) is 0 Å². The largest absolute Gasteiger partial charge is 0.504 e. The molecule has 0 saturated carbocycles. The molecule has 1 aliphatic rings. The zero-order chi connectivity index (χ0) is 19.3. The van der Waals surface area contributed by atoms with Gasteiger partial charge in [-0.15, -0.1) is 5.10 Å². The molecular formula is C19H18N6O3. The van der Waals surface area contributed by atoms with Crippen molar-refractivity contribution in [1.29, 1.82) is 0 Å². The number of nitrogens with zero attached hydrogens (tertiary/aromatic N) is 5. The van der Waals surface area contributed by atoms with E-state index in [2.05, 4.69) is 20.0 Å². The highest BCUT2D eigenvalue weighted by Crippen LogP contribution is 2.32. The molecule has 9 heteroatoms. The highest BCUT2D eigenvalue weighted by molar-refractivity contribution is 5.57. The van der Waals surface area contributed by atoms with Crippen LogP contribution in [0, 0.1) is 0 Å². The lowest BCUT2D eigenvalue weighted by Crippen LogP contribution is -2.30. The SMILES string of the molecule is Nc1ncc(CN2CCc3cc(O)c(O)cc3C2)c2nc(-c3ccco3)nn12. The van der Waals surface area contributed by atoms with E-state index >= 15 is 0 Å². The molecule has 0 saturated heterocycles. The number of rotatable bonds is 3. The molecule has 0 fully saturated rings. The van der Waals surface area contributed by atoms with E-state index in [0.717, 1.165) is 29.7 Å². The lowest BCUT2D eigenvalue weighted by atomic mass is 9.98. The Balaban J connectivity index is 1.47. The Morgan fingerprint density at radius 1 is 1.18 bits per heavy atom. The fraction of sp³-hybridized carbons (Fsp3) is 0.211. The highest BCUT2D eigenvalue weighted by atomic mass is 16.3. The topological polar surface area (TPSA) is 126 Å². The van der Waals surface area contributed by atoms with Crippen molar-refractivity contribution >= 4 is 11.6 Å². The van der Waals surface area contributed by atoms with Crippen molar-refractivity contribution < 1.29 is 14.6 Å². The van der Waals surface area contributed by atoms with Gasteiger partial charge in [-0.05, 0) is 41.8 Å². The normalized spacial score (nSPS) is 14.4. The summed E-state index contributed by atoms with van der Waals surface area (Å²) in [5.74, 6) is 1.10. The van der Waals surface area contributed by atoms with Crippen LogP contribution in [0.15, 0.2) is 41.1 Å². The third-order valence-electron chi connectivity index (χ3n) is 4.99. The summed E-state index contributed by atoms with van der Waals surface area (Å²) in [5.41, 5.74) is 9.55. The standard InChI is InChI=1S/C19H18N6O3/c20-19-21-8-13(18-22-17(23-25(18)19)16-2-1-5-28-16)10-24-4-3-11-6-14(26)15(27)7-12(11)9-24/h1-2,5-8,26-27H,3-4,9-10H2,(H2,20,21). The summed E-state index contributed by atoms with van der Waals surface area (Å²) >= 11 is 0. The van der Waals surface area contributed by atoms with Crippen molar-refractivity contribution in [2.75, 3.05) is 12.3 Å². The minimum absolute atomic E-state index is 0.0782. The molecule has 0 amide bonds. The molecule has 9 nitrogen and oxygen atoms in total. The minimum atomic E-state index is -0.0994. The number of fused-ring (bicyclic) bond motifs is 2.